The van der Waals surface area contributed by atoms with Crippen LogP contribution >= 0.6 is 11.8 Å². The van der Waals surface area contributed by atoms with E-state index < -0.39 is 223 Å². The van der Waals surface area contributed by atoms with Gasteiger partial charge in [-0.15, -0.1) is 0 Å². The molecule has 0 spiro atoms. The van der Waals surface area contributed by atoms with Gasteiger partial charge in [-0.05, 0) is 212 Å². The first-order valence-electron chi connectivity index (χ1n) is 43.9. The summed E-state index contributed by atoms with van der Waals surface area (Å²) in [4.78, 5) is 237. The number of carboxylic acids is 3. The van der Waals surface area contributed by atoms with Crippen LogP contribution in [0.5, 0.6) is 17.2 Å². The van der Waals surface area contributed by atoms with E-state index >= 15 is 0 Å². The largest absolute Gasteiger partial charge is 0.508 e. The Hall–Kier alpha value is -11.8. The molecule has 0 fully saturated rings. The fourth-order valence-corrected chi connectivity index (χ4v) is 14.0. The molecule has 14 amide bonds. The predicted octanol–water partition coefficient (Wildman–Crippen LogP) is -2.99. The van der Waals surface area contributed by atoms with Crippen molar-refractivity contribution < 1.29 is 117 Å². The first-order chi connectivity index (χ1) is 61.9. The number of carboxylic acid groups (broad SMARTS) is 3. The monoisotopic (exact) mass is 1860 g/mol. The summed E-state index contributed by atoms with van der Waals surface area (Å²) >= 11 is 1.22. The average molecular weight is 1870 g/mol. The van der Waals surface area contributed by atoms with Gasteiger partial charge in [-0.25, -0.2) is 4.79 Å². The molecule has 43 nitrogen and oxygen atoms in total. The Kier molecular flexibility index (Phi) is 52.1. The molecule has 3 aromatic rings. The van der Waals surface area contributed by atoms with E-state index in [0.29, 0.717) is 43.2 Å². The quantitative estimate of drug-likeness (QED) is 0.0251. The minimum absolute atomic E-state index is 0.00308. The number of carbonyl (C=O) groups excluding carboxylic acids is 14. The average Bonchev–Trinajstić information content (AvgIpc) is 0.829. The summed E-state index contributed by atoms with van der Waals surface area (Å²) in [5.41, 5.74) is 30.5. The van der Waals surface area contributed by atoms with Gasteiger partial charge in [0.1, 0.15) is 95.8 Å². The van der Waals surface area contributed by atoms with Crippen LogP contribution in [0.2, 0.25) is 0 Å². The lowest BCUT2D eigenvalue weighted by Crippen LogP contribution is -2.62. The van der Waals surface area contributed by atoms with Gasteiger partial charge in [0.15, 0.2) is 0 Å². The molecule has 131 heavy (non-hydrogen) atoms. The molecule has 730 valence electrons. The highest BCUT2D eigenvalue weighted by Crippen LogP contribution is 2.20. The Morgan fingerprint density at radius 1 is 0.328 bits per heavy atom. The summed E-state index contributed by atoms with van der Waals surface area (Å²) in [6, 6.07) is -5.67. The second-order valence-corrected chi connectivity index (χ2v) is 34.3. The molecule has 3 aromatic carbocycles. The Bertz CT molecular complexity index is 4210. The molecule has 0 aliphatic rings. The van der Waals surface area contributed by atoms with Crippen molar-refractivity contribution in [1.29, 1.82) is 0 Å². The van der Waals surface area contributed by atoms with Crippen molar-refractivity contribution in [1.82, 2.24) is 74.4 Å². The summed E-state index contributed by atoms with van der Waals surface area (Å²) in [7, 11) is 0. The van der Waals surface area contributed by atoms with Crippen LogP contribution in [0.1, 0.15) is 174 Å². The lowest BCUT2D eigenvalue weighted by Gasteiger charge is -2.29. The van der Waals surface area contributed by atoms with Crippen molar-refractivity contribution >= 4 is 112 Å². The van der Waals surface area contributed by atoms with Crippen molar-refractivity contribution in [2.75, 3.05) is 44.7 Å². The van der Waals surface area contributed by atoms with E-state index in [1.54, 1.807) is 34.0 Å². The molecule has 0 bridgehead atoms. The first-order valence-corrected chi connectivity index (χ1v) is 45.3. The van der Waals surface area contributed by atoms with Gasteiger partial charge in [0, 0.05) is 19.3 Å². The van der Waals surface area contributed by atoms with Gasteiger partial charge in [0.25, 0.3) is 0 Å². The van der Waals surface area contributed by atoms with Gasteiger partial charge < -0.3 is 139 Å². The Morgan fingerprint density at radius 2 is 0.611 bits per heavy atom. The van der Waals surface area contributed by atoms with Gasteiger partial charge in [-0.3, -0.25) is 76.7 Å². The fraction of sp³-hybridized carbons (Fsp3) is 0.598. The third-order valence-electron chi connectivity index (χ3n) is 20.7. The van der Waals surface area contributed by atoms with E-state index in [4.69, 9.17) is 28.7 Å². The number of phenolic OH excluding ortho intramolecular Hbond substituents is 3. The summed E-state index contributed by atoms with van der Waals surface area (Å²) in [5, 5.41) is 106. The normalized spacial score (nSPS) is 14.7. The van der Waals surface area contributed by atoms with E-state index in [2.05, 4.69) is 74.4 Å². The molecule has 0 unspecified atom stereocenters. The summed E-state index contributed by atoms with van der Waals surface area (Å²) in [6.07, 6.45) is -1.37. The summed E-state index contributed by atoms with van der Waals surface area (Å²) < 4.78 is 0. The number of unbranched alkanes of at least 4 members (excludes halogenated alkanes) is 4. The van der Waals surface area contributed by atoms with Crippen molar-refractivity contribution in [2.24, 2.45) is 46.4 Å². The predicted molar refractivity (Wildman–Crippen MR) is 484 cm³/mol. The molecular weight excluding hydrogens is 1730 g/mol. The van der Waals surface area contributed by atoms with Gasteiger partial charge >= 0.3 is 17.9 Å². The highest BCUT2D eigenvalue weighted by molar-refractivity contribution is 7.98. The van der Waals surface area contributed by atoms with Crippen molar-refractivity contribution in [2.45, 2.75) is 268 Å². The van der Waals surface area contributed by atoms with Crippen LogP contribution in [0.4, 0.5) is 0 Å². The number of aliphatic carboxylic acids is 3. The van der Waals surface area contributed by atoms with Gasteiger partial charge in [0.2, 0.25) is 82.7 Å². The van der Waals surface area contributed by atoms with Crippen LogP contribution in [0.25, 0.3) is 0 Å². The first kappa shape index (κ1) is 113. The van der Waals surface area contributed by atoms with E-state index in [0.717, 1.165) is 6.92 Å². The number of aromatic hydroxyl groups is 3. The molecule has 31 N–H and O–H groups in total. The Morgan fingerprint density at radius 3 is 0.947 bits per heavy atom. The van der Waals surface area contributed by atoms with Gasteiger partial charge in [-0.2, -0.15) is 11.8 Å². The summed E-state index contributed by atoms with van der Waals surface area (Å²) in [5.74, 6) is -20.3. The maximum atomic E-state index is 14.7. The van der Waals surface area contributed by atoms with Crippen LogP contribution in [0.15, 0.2) is 72.8 Å². The summed E-state index contributed by atoms with van der Waals surface area (Å²) in [6.45, 7) is 11.1. The topological polar surface area (TPSA) is 730 Å². The van der Waals surface area contributed by atoms with Crippen LogP contribution < -0.4 is 103 Å². The molecule has 15 atom stereocenters. The molecule has 0 radical (unpaired) electrons. The molecule has 0 heterocycles. The van der Waals surface area contributed by atoms with E-state index in [1.807, 2.05) is 13.8 Å². The zero-order valence-electron chi connectivity index (χ0n) is 75.6. The van der Waals surface area contributed by atoms with E-state index in [1.165, 1.54) is 84.6 Å². The molecule has 0 aromatic heterocycles. The highest BCUT2D eigenvalue weighted by atomic mass is 32.2. The fourth-order valence-electron chi connectivity index (χ4n) is 13.5. The van der Waals surface area contributed by atoms with Crippen molar-refractivity contribution in [3.63, 3.8) is 0 Å². The molecule has 0 aliphatic carbocycles. The van der Waals surface area contributed by atoms with E-state index in [-0.39, 0.29) is 144 Å². The Balaban J connectivity index is 1.97. The molecule has 0 aliphatic heterocycles. The van der Waals surface area contributed by atoms with Crippen molar-refractivity contribution in [3.05, 3.63) is 89.5 Å². The van der Waals surface area contributed by atoms with Crippen LogP contribution in [-0.4, -0.2) is 272 Å². The number of rotatable bonds is 64. The molecule has 0 saturated heterocycles. The third-order valence-corrected chi connectivity index (χ3v) is 21.4. The lowest BCUT2D eigenvalue weighted by molar-refractivity contribution is -0.143. The molecule has 0 saturated carbocycles. The number of benzene rings is 3. The number of aliphatic hydroxyl groups excluding tert-OH is 1. The number of nitrogens with one attached hydrogen (secondary N) is 14. The molecule has 44 heteroatoms. The van der Waals surface area contributed by atoms with E-state index in [9.17, 15) is 117 Å². The Labute approximate surface area is 766 Å². The number of carbonyl (C=O) groups is 17. The number of hydrogen-bond donors (Lipinski definition) is 26. The van der Waals surface area contributed by atoms with Crippen LogP contribution in [0.3, 0.4) is 0 Å². The number of nitrogens with two attached hydrogens (primary N) is 5. The second kappa shape index (κ2) is 60.2. The van der Waals surface area contributed by atoms with Gasteiger partial charge in [-0.1, -0.05) is 77.9 Å². The zero-order chi connectivity index (χ0) is 98.1. The number of thioether (sulfide) groups is 1. The smallest absolute Gasteiger partial charge is 0.326 e. The van der Waals surface area contributed by atoms with Crippen LogP contribution in [0, 0.1) is 17.8 Å². The molecular formula is C87H137N19O24S. The highest BCUT2D eigenvalue weighted by Gasteiger charge is 2.40. The minimum Gasteiger partial charge on any atom is -0.508 e. The lowest BCUT2D eigenvalue weighted by atomic mass is 9.99. The third kappa shape index (κ3) is 43.6. The number of phenols is 3. The number of aliphatic hydroxyl groups is 1. The van der Waals surface area contributed by atoms with Crippen LogP contribution in [-0.2, 0) is 101 Å². The maximum absolute atomic E-state index is 14.7. The second-order valence-electron chi connectivity index (χ2n) is 33.3. The molecule has 3 rings (SSSR count). The maximum Gasteiger partial charge on any atom is 0.326 e. The standard InChI is InChI=1S/C87H137N19O24S/c1-47(2)39-57(92)74(116)95-58(17-9-13-34-88)76(118)96-60(19-11-15-36-90)78(120)100-63(41-51-21-27-54(108)28-22-51)75(117)93-46-69(111)94-64(42-52-23-29-55(109)30-24-52)81(123)101-66(44-70(112)113)83(125)98-59(18-10-14-35-89)77(119)97-61(20-12-16-37-91)79(121)106-73(50(7)107)86(128)103-67(45-71(114)115)84(126)99-62(33-38-131-8)80(122)105-72(49(5)6)85(127)102-65(43-53-25-31-56(110)32-26-53)82(124)104-68(87(129)130)40-48(3)4/h21-32,47-50,57-68,72-73,107-110H,9-20,33-46,88-92H2,1-8H3,(H,93,117)(H,94,111)(H,95,116)(H,96,118)(H,97,119)(H,98,125)(H,99,126)(H,100,120)(H,101,123)(H,102,127)(H,103,128)(H,104,124)(H,105,122)(H,106,121)(H,112,113)(H,114,115)(H,129,130)/t50-,57+,58+,59+,60+,61+,62+,63+,64+,65+,66+,67+,68+,72+,73+/m1/s1. The van der Waals surface area contributed by atoms with Gasteiger partial charge in [0.05, 0.1) is 31.5 Å². The SMILES string of the molecule is CSCC[C@H](NC(=O)[C@H](CC(=O)O)NC(=O)[C@@H](NC(=O)[C@H](CCCCN)NC(=O)[C@H](CCCCN)NC(=O)[C@H](CC(=O)O)NC(=O)[C@H](Cc1ccc(O)cc1)NC(=O)CNC(=O)[C@H](Cc1ccc(O)cc1)NC(=O)[C@H](CCCCN)NC(=O)[C@H](CCCCN)NC(=O)[C@@H](N)CC(C)C)[C@@H](C)O)C(=O)N[C@H](C(=O)N[C@@H](Cc1ccc(O)cc1)C(=O)N[C@@H](CC(C)C)C(=O)O)C(C)C. The van der Waals surface area contributed by atoms with Crippen molar-refractivity contribution in [3.8, 4) is 17.2 Å². The number of amides is 14. The number of hydrogen-bond acceptors (Lipinski definition) is 27. The minimum atomic E-state index is -2.07. The zero-order valence-corrected chi connectivity index (χ0v) is 76.4.